The van der Waals surface area contributed by atoms with Crippen molar-refractivity contribution in [2.24, 2.45) is 0 Å². The third-order valence-corrected chi connectivity index (χ3v) is 2.45. The highest BCUT2D eigenvalue weighted by Crippen LogP contribution is 2.24. The molecule has 2 rings (SSSR count). The number of amides is 1. The summed E-state index contributed by atoms with van der Waals surface area (Å²) in [4.78, 5) is 19.6. The molecule has 0 aliphatic rings. The van der Waals surface area contributed by atoms with E-state index in [1.54, 1.807) is 36.7 Å². The minimum Gasteiger partial charge on any atom is -0.481 e. The minimum absolute atomic E-state index is 0.0556. The molecular weight excluding hydrogens is 262 g/mol. The molecule has 1 heterocycles. The Hall–Kier alpha value is -2.67. The van der Waals surface area contributed by atoms with Crippen LogP contribution in [0.1, 0.15) is 16.1 Å². The molecule has 1 aromatic carbocycles. The van der Waals surface area contributed by atoms with Crippen LogP contribution in [0.5, 0.6) is 17.6 Å². The van der Waals surface area contributed by atoms with Crippen LogP contribution in [0, 0.1) is 6.92 Å². The van der Waals surface area contributed by atoms with Gasteiger partial charge in [-0.1, -0.05) is 12.1 Å². The Balaban J connectivity index is 2.35. The Morgan fingerprint density at radius 2 is 2.05 bits per heavy atom. The van der Waals surface area contributed by atoms with Crippen LogP contribution < -0.4 is 15.0 Å². The average Bonchev–Trinajstić information content (AvgIpc) is 2.46. The van der Waals surface area contributed by atoms with Crippen LogP contribution in [0.25, 0.3) is 0 Å². The lowest BCUT2D eigenvalue weighted by Gasteiger charge is -2.09. The molecule has 0 unspecified atom stereocenters. The fraction of sp³-hybridized carbons (Fsp3) is 0.154. The quantitative estimate of drug-likeness (QED) is 0.651. The van der Waals surface area contributed by atoms with Crippen molar-refractivity contribution in [2.45, 2.75) is 6.92 Å². The number of hydroxylamine groups is 1. The summed E-state index contributed by atoms with van der Waals surface area (Å²) in [6.45, 7) is 1.77. The lowest BCUT2D eigenvalue weighted by atomic mass is 10.2. The Morgan fingerprint density at radius 3 is 2.75 bits per heavy atom. The van der Waals surface area contributed by atoms with Gasteiger partial charge in [0.2, 0.25) is 5.88 Å². The molecule has 0 aliphatic heterocycles. The number of methoxy groups -OCH3 is 1. The summed E-state index contributed by atoms with van der Waals surface area (Å²) in [7, 11) is 1.48. The summed E-state index contributed by atoms with van der Waals surface area (Å²) >= 11 is 0. The van der Waals surface area contributed by atoms with Gasteiger partial charge in [-0.3, -0.25) is 10.0 Å². The van der Waals surface area contributed by atoms with Crippen molar-refractivity contribution in [1.82, 2.24) is 15.4 Å². The van der Waals surface area contributed by atoms with Gasteiger partial charge in [-0.2, -0.15) is 9.97 Å². The number of benzene rings is 1. The number of carbonyl (C=O) groups excluding carboxylic acids is 1. The lowest BCUT2D eigenvalue weighted by molar-refractivity contribution is 0.0703. The van der Waals surface area contributed by atoms with Gasteiger partial charge in [0.1, 0.15) is 5.75 Å². The summed E-state index contributed by atoms with van der Waals surface area (Å²) in [5.74, 6) is -0.0940. The topological polar surface area (TPSA) is 93.6 Å². The van der Waals surface area contributed by atoms with Crippen molar-refractivity contribution in [1.29, 1.82) is 0 Å². The van der Waals surface area contributed by atoms with E-state index in [1.807, 2.05) is 0 Å². The highest BCUT2D eigenvalue weighted by Gasteiger charge is 2.13. The van der Waals surface area contributed by atoms with E-state index in [-0.39, 0.29) is 17.3 Å². The van der Waals surface area contributed by atoms with Crippen molar-refractivity contribution in [2.75, 3.05) is 7.11 Å². The van der Waals surface area contributed by atoms with Gasteiger partial charge in [-0.05, 0) is 19.1 Å². The average molecular weight is 275 g/mol. The van der Waals surface area contributed by atoms with Crippen molar-refractivity contribution in [3.63, 3.8) is 0 Å². The fourth-order valence-electron chi connectivity index (χ4n) is 1.57. The third-order valence-electron chi connectivity index (χ3n) is 2.45. The SMILES string of the molecule is COc1cc(C)nc(Oc2ccccc2C(=O)NO)n1. The maximum atomic E-state index is 11.5. The second-order valence-corrected chi connectivity index (χ2v) is 3.87. The number of ether oxygens (including phenoxy) is 2. The number of nitrogens with one attached hydrogen (secondary N) is 1. The van der Waals surface area contributed by atoms with Crippen LogP contribution in [0.3, 0.4) is 0 Å². The molecular formula is C13H13N3O4. The normalized spacial score (nSPS) is 9.95. The molecule has 0 fully saturated rings. The Morgan fingerprint density at radius 1 is 1.30 bits per heavy atom. The summed E-state index contributed by atoms with van der Waals surface area (Å²) in [6, 6.07) is 8.13. The Bertz CT molecular complexity index is 631. The van der Waals surface area contributed by atoms with Gasteiger partial charge in [-0.25, -0.2) is 5.48 Å². The standard InChI is InChI=1S/C13H13N3O4/c1-8-7-11(19-2)15-13(14-8)20-10-6-4-3-5-9(10)12(17)16-18/h3-7,18H,1-2H3,(H,16,17). The zero-order valence-electron chi connectivity index (χ0n) is 11.0. The second kappa shape index (κ2) is 5.98. The van der Waals surface area contributed by atoms with E-state index in [0.29, 0.717) is 11.6 Å². The molecule has 20 heavy (non-hydrogen) atoms. The molecule has 0 radical (unpaired) electrons. The van der Waals surface area contributed by atoms with Crippen LogP contribution in [0.15, 0.2) is 30.3 Å². The smallest absolute Gasteiger partial charge is 0.325 e. The fourth-order valence-corrected chi connectivity index (χ4v) is 1.57. The van der Waals surface area contributed by atoms with Gasteiger partial charge in [0.05, 0.1) is 12.7 Å². The first kappa shape index (κ1) is 13.8. The molecule has 7 nitrogen and oxygen atoms in total. The molecule has 2 N–H and O–H groups in total. The van der Waals surface area contributed by atoms with Gasteiger partial charge >= 0.3 is 6.01 Å². The Labute approximate surface area is 115 Å². The minimum atomic E-state index is -0.680. The van der Waals surface area contributed by atoms with E-state index in [0.717, 1.165) is 0 Å². The predicted molar refractivity (Wildman–Crippen MR) is 69.1 cm³/mol. The molecule has 2 aromatic rings. The van der Waals surface area contributed by atoms with Gasteiger partial charge in [0.15, 0.2) is 0 Å². The van der Waals surface area contributed by atoms with Gasteiger partial charge in [0, 0.05) is 11.8 Å². The molecule has 0 bridgehead atoms. The maximum Gasteiger partial charge on any atom is 0.325 e. The van der Waals surface area contributed by atoms with Gasteiger partial charge < -0.3 is 9.47 Å². The number of hydrogen-bond acceptors (Lipinski definition) is 6. The molecule has 1 amide bonds. The largest absolute Gasteiger partial charge is 0.481 e. The van der Waals surface area contributed by atoms with Crippen molar-refractivity contribution >= 4 is 5.91 Å². The van der Waals surface area contributed by atoms with E-state index in [1.165, 1.54) is 13.2 Å². The van der Waals surface area contributed by atoms with Crippen molar-refractivity contribution in [3.8, 4) is 17.6 Å². The van der Waals surface area contributed by atoms with E-state index < -0.39 is 5.91 Å². The van der Waals surface area contributed by atoms with Crippen molar-refractivity contribution in [3.05, 3.63) is 41.6 Å². The highest BCUT2D eigenvalue weighted by molar-refractivity contribution is 5.96. The first-order chi connectivity index (χ1) is 9.63. The Kier molecular flexibility index (Phi) is 4.11. The maximum absolute atomic E-state index is 11.5. The molecule has 0 spiro atoms. The van der Waals surface area contributed by atoms with E-state index >= 15 is 0 Å². The summed E-state index contributed by atoms with van der Waals surface area (Å²) < 4.78 is 10.5. The van der Waals surface area contributed by atoms with E-state index in [9.17, 15) is 4.79 Å². The number of carbonyl (C=O) groups is 1. The summed E-state index contributed by atoms with van der Waals surface area (Å²) in [6.07, 6.45) is 0. The second-order valence-electron chi connectivity index (χ2n) is 3.87. The van der Waals surface area contributed by atoms with Crippen LogP contribution in [0.4, 0.5) is 0 Å². The first-order valence-electron chi connectivity index (χ1n) is 5.75. The third kappa shape index (κ3) is 3.01. The van der Waals surface area contributed by atoms with Crippen molar-refractivity contribution < 1.29 is 19.5 Å². The molecule has 104 valence electrons. The monoisotopic (exact) mass is 275 g/mol. The number of hydrogen-bond donors (Lipinski definition) is 2. The molecule has 7 heteroatoms. The number of para-hydroxylation sites is 1. The molecule has 0 saturated heterocycles. The summed E-state index contributed by atoms with van der Waals surface area (Å²) in [5, 5.41) is 8.70. The predicted octanol–water partition coefficient (Wildman–Crippen LogP) is 1.70. The van der Waals surface area contributed by atoms with Gasteiger partial charge in [-0.15, -0.1) is 0 Å². The molecule has 0 saturated carbocycles. The van der Waals surface area contributed by atoms with Crippen LogP contribution in [0.2, 0.25) is 0 Å². The molecule has 0 atom stereocenters. The lowest BCUT2D eigenvalue weighted by Crippen LogP contribution is -2.19. The molecule has 1 aromatic heterocycles. The van der Waals surface area contributed by atoms with E-state index in [2.05, 4.69) is 9.97 Å². The number of aromatic nitrogens is 2. The molecule has 0 aliphatic carbocycles. The summed E-state index contributed by atoms with van der Waals surface area (Å²) in [5.41, 5.74) is 2.39. The van der Waals surface area contributed by atoms with Crippen LogP contribution >= 0.6 is 0 Å². The number of rotatable bonds is 4. The zero-order chi connectivity index (χ0) is 14.5. The van der Waals surface area contributed by atoms with E-state index in [4.69, 9.17) is 14.7 Å². The van der Waals surface area contributed by atoms with Gasteiger partial charge in [0.25, 0.3) is 5.91 Å². The first-order valence-corrected chi connectivity index (χ1v) is 5.75. The number of nitrogens with zero attached hydrogens (tertiary/aromatic N) is 2. The number of aryl methyl sites for hydroxylation is 1. The van der Waals surface area contributed by atoms with Crippen LogP contribution in [-0.4, -0.2) is 28.2 Å². The highest BCUT2D eigenvalue weighted by atomic mass is 16.5. The van der Waals surface area contributed by atoms with Crippen LogP contribution in [-0.2, 0) is 0 Å². The zero-order valence-corrected chi connectivity index (χ0v) is 11.0.